The summed E-state index contributed by atoms with van der Waals surface area (Å²) in [5.74, 6) is -0.481. The second-order valence-corrected chi connectivity index (χ2v) is 9.14. The van der Waals surface area contributed by atoms with Crippen LogP contribution < -0.4 is 5.73 Å². The van der Waals surface area contributed by atoms with Gasteiger partial charge in [0.15, 0.2) is 0 Å². The third-order valence-electron chi connectivity index (χ3n) is 6.98. The van der Waals surface area contributed by atoms with Gasteiger partial charge in [0.05, 0.1) is 16.6 Å². The molecule has 2 amide bonds. The van der Waals surface area contributed by atoms with Crippen LogP contribution in [0.3, 0.4) is 0 Å². The van der Waals surface area contributed by atoms with Crippen molar-refractivity contribution in [3.63, 3.8) is 0 Å². The number of carbonyl (C=O) groups excluding carboxylic acids is 2. The fraction of sp³-hybridized carbons (Fsp3) is 0.179. The van der Waals surface area contributed by atoms with E-state index in [2.05, 4.69) is 21.9 Å². The number of nitrogens with zero attached hydrogens (tertiary/aromatic N) is 3. The number of piperazine rings is 1. The summed E-state index contributed by atoms with van der Waals surface area (Å²) in [7, 11) is 2.07. The Bertz CT molecular complexity index is 1620. The first-order valence-electron chi connectivity index (χ1n) is 11.7. The van der Waals surface area contributed by atoms with E-state index in [1.54, 1.807) is 12.3 Å². The molecule has 5 aromatic rings. The number of H-pyrrole nitrogens is 1. The molecule has 2 aromatic heterocycles. The van der Waals surface area contributed by atoms with E-state index in [0.29, 0.717) is 29.7 Å². The van der Waals surface area contributed by atoms with Crippen LogP contribution in [0.4, 0.5) is 0 Å². The second kappa shape index (κ2) is 8.21. The molecular weight excluding hydrogens is 438 g/mol. The first-order chi connectivity index (χ1) is 17.0. The fourth-order valence-corrected chi connectivity index (χ4v) is 5.09. The monoisotopic (exact) mass is 463 g/mol. The summed E-state index contributed by atoms with van der Waals surface area (Å²) in [6, 6.07) is 19.4. The van der Waals surface area contributed by atoms with Crippen LogP contribution >= 0.6 is 0 Å². The summed E-state index contributed by atoms with van der Waals surface area (Å²) in [5.41, 5.74) is 11.1. The van der Waals surface area contributed by atoms with Gasteiger partial charge in [0.25, 0.3) is 11.8 Å². The van der Waals surface area contributed by atoms with Crippen molar-refractivity contribution in [3.05, 3.63) is 78.0 Å². The number of aromatic amines is 1. The van der Waals surface area contributed by atoms with Gasteiger partial charge in [-0.1, -0.05) is 36.4 Å². The van der Waals surface area contributed by atoms with Crippen molar-refractivity contribution in [1.82, 2.24) is 19.8 Å². The van der Waals surface area contributed by atoms with Gasteiger partial charge in [-0.3, -0.25) is 14.6 Å². The van der Waals surface area contributed by atoms with E-state index in [4.69, 9.17) is 5.73 Å². The van der Waals surface area contributed by atoms with Gasteiger partial charge in [0.1, 0.15) is 0 Å². The Balaban J connectivity index is 1.55. The van der Waals surface area contributed by atoms with Crippen molar-refractivity contribution < 1.29 is 9.59 Å². The van der Waals surface area contributed by atoms with Crippen LogP contribution in [0, 0.1) is 0 Å². The summed E-state index contributed by atoms with van der Waals surface area (Å²) in [4.78, 5) is 37.6. The number of pyridine rings is 1. The molecule has 0 aliphatic carbocycles. The molecule has 6 rings (SSSR count). The van der Waals surface area contributed by atoms with Gasteiger partial charge in [-0.05, 0) is 36.9 Å². The Kier molecular flexibility index (Phi) is 5.00. The number of nitrogens with one attached hydrogen (secondary N) is 1. The number of carbonyl (C=O) groups is 2. The Hall–Kier alpha value is -4.23. The SMILES string of the molecule is CN1CCN(C(=O)c2ccc3c(c2)[nH]c2c(C(N)=O)ccc(-c4cccc5cccnc45)c23)CC1. The van der Waals surface area contributed by atoms with Gasteiger partial charge >= 0.3 is 0 Å². The number of amides is 2. The normalized spacial score (nSPS) is 14.7. The average molecular weight is 464 g/mol. The molecule has 0 bridgehead atoms. The lowest BCUT2D eigenvalue weighted by molar-refractivity contribution is 0.0664. The van der Waals surface area contributed by atoms with Gasteiger partial charge in [0, 0.05) is 65.2 Å². The molecule has 0 radical (unpaired) electrons. The number of hydrogen-bond donors (Lipinski definition) is 2. The molecule has 0 saturated carbocycles. The van der Waals surface area contributed by atoms with Crippen LogP contribution in [-0.2, 0) is 0 Å². The molecule has 7 nitrogen and oxygen atoms in total. The largest absolute Gasteiger partial charge is 0.366 e. The first-order valence-corrected chi connectivity index (χ1v) is 11.7. The standard InChI is InChI=1S/C28H25N5O2/c1-32-12-14-33(15-13-32)28(35)18-7-8-21-23(16-18)31-26-22(27(29)34)10-9-19(24(21)26)20-6-2-4-17-5-3-11-30-25(17)20/h2-11,16,31H,12-15H2,1H3,(H2,29,34). The summed E-state index contributed by atoms with van der Waals surface area (Å²) >= 11 is 0. The van der Waals surface area contributed by atoms with E-state index < -0.39 is 5.91 Å². The molecule has 7 heteroatoms. The third kappa shape index (κ3) is 3.52. The summed E-state index contributed by atoms with van der Waals surface area (Å²) < 4.78 is 0. The smallest absolute Gasteiger partial charge is 0.254 e. The molecule has 174 valence electrons. The molecule has 1 fully saturated rings. The van der Waals surface area contributed by atoms with Crippen molar-refractivity contribution in [2.24, 2.45) is 5.73 Å². The minimum absolute atomic E-state index is 0.0206. The minimum Gasteiger partial charge on any atom is -0.366 e. The maximum Gasteiger partial charge on any atom is 0.254 e. The van der Waals surface area contributed by atoms with E-state index >= 15 is 0 Å². The highest BCUT2D eigenvalue weighted by Gasteiger charge is 2.22. The molecule has 0 atom stereocenters. The number of nitrogens with two attached hydrogens (primary N) is 1. The predicted octanol–water partition coefficient (Wildman–Crippen LogP) is 4.02. The molecule has 3 aromatic carbocycles. The number of para-hydroxylation sites is 1. The highest BCUT2D eigenvalue weighted by Crippen LogP contribution is 2.38. The topological polar surface area (TPSA) is 95.3 Å². The zero-order valence-electron chi connectivity index (χ0n) is 19.4. The number of fused-ring (bicyclic) bond motifs is 4. The number of benzene rings is 3. The van der Waals surface area contributed by atoms with Crippen molar-refractivity contribution in [2.75, 3.05) is 33.2 Å². The number of primary amides is 1. The molecule has 0 unspecified atom stereocenters. The molecule has 35 heavy (non-hydrogen) atoms. The fourth-order valence-electron chi connectivity index (χ4n) is 5.09. The zero-order chi connectivity index (χ0) is 24.1. The average Bonchev–Trinajstić information content (AvgIpc) is 3.26. The Labute approximate surface area is 202 Å². The van der Waals surface area contributed by atoms with Crippen molar-refractivity contribution in [1.29, 1.82) is 0 Å². The maximum absolute atomic E-state index is 13.2. The number of aromatic nitrogens is 2. The summed E-state index contributed by atoms with van der Waals surface area (Å²) in [5, 5.41) is 2.87. The van der Waals surface area contributed by atoms with Crippen LogP contribution in [-0.4, -0.2) is 64.8 Å². The van der Waals surface area contributed by atoms with Gasteiger partial charge in [0.2, 0.25) is 0 Å². The molecule has 1 aliphatic rings. The molecule has 1 aliphatic heterocycles. The van der Waals surface area contributed by atoms with Crippen molar-refractivity contribution in [2.45, 2.75) is 0 Å². The van der Waals surface area contributed by atoms with Crippen LogP contribution in [0.5, 0.6) is 0 Å². The third-order valence-corrected chi connectivity index (χ3v) is 6.98. The number of likely N-dealkylation sites (N-methyl/N-ethyl adjacent to an activating group) is 1. The Morgan fingerprint density at radius 1 is 0.943 bits per heavy atom. The van der Waals surface area contributed by atoms with Crippen LogP contribution in [0.25, 0.3) is 43.8 Å². The van der Waals surface area contributed by atoms with Crippen LogP contribution in [0.15, 0.2) is 66.9 Å². The molecule has 0 spiro atoms. The lowest BCUT2D eigenvalue weighted by atomic mass is 9.95. The highest BCUT2D eigenvalue weighted by atomic mass is 16.2. The van der Waals surface area contributed by atoms with E-state index in [1.165, 1.54) is 0 Å². The summed E-state index contributed by atoms with van der Waals surface area (Å²) in [6.07, 6.45) is 1.78. The predicted molar refractivity (Wildman–Crippen MR) is 138 cm³/mol. The van der Waals surface area contributed by atoms with E-state index in [1.807, 2.05) is 59.5 Å². The molecular formula is C28H25N5O2. The number of rotatable bonds is 3. The lowest BCUT2D eigenvalue weighted by Crippen LogP contribution is -2.47. The van der Waals surface area contributed by atoms with Crippen LogP contribution in [0.2, 0.25) is 0 Å². The van der Waals surface area contributed by atoms with Gasteiger partial charge in [-0.15, -0.1) is 0 Å². The highest BCUT2D eigenvalue weighted by molar-refractivity contribution is 6.21. The summed E-state index contributed by atoms with van der Waals surface area (Å²) in [6.45, 7) is 3.16. The van der Waals surface area contributed by atoms with Gasteiger partial charge in [-0.2, -0.15) is 0 Å². The van der Waals surface area contributed by atoms with E-state index in [9.17, 15) is 9.59 Å². The van der Waals surface area contributed by atoms with Gasteiger partial charge < -0.3 is 20.5 Å². The Morgan fingerprint density at radius 2 is 1.74 bits per heavy atom. The lowest BCUT2D eigenvalue weighted by Gasteiger charge is -2.32. The Morgan fingerprint density at radius 3 is 2.54 bits per heavy atom. The number of hydrogen-bond acceptors (Lipinski definition) is 4. The van der Waals surface area contributed by atoms with Crippen LogP contribution in [0.1, 0.15) is 20.7 Å². The van der Waals surface area contributed by atoms with E-state index in [-0.39, 0.29) is 5.91 Å². The molecule has 3 heterocycles. The quantitative estimate of drug-likeness (QED) is 0.422. The molecule has 1 saturated heterocycles. The van der Waals surface area contributed by atoms with E-state index in [0.717, 1.165) is 51.4 Å². The first kappa shape index (κ1) is 21.3. The minimum atomic E-state index is -0.502. The van der Waals surface area contributed by atoms with Crippen molar-refractivity contribution in [3.8, 4) is 11.1 Å². The van der Waals surface area contributed by atoms with Crippen molar-refractivity contribution >= 4 is 44.5 Å². The zero-order valence-corrected chi connectivity index (χ0v) is 19.4. The molecule has 3 N–H and O–H groups in total. The van der Waals surface area contributed by atoms with Gasteiger partial charge in [-0.25, -0.2) is 0 Å². The maximum atomic E-state index is 13.2. The second-order valence-electron chi connectivity index (χ2n) is 9.14.